The number of hydrogen-bond donors (Lipinski definition) is 2. The molecule has 0 spiro atoms. The van der Waals surface area contributed by atoms with E-state index in [-0.39, 0.29) is 29.6 Å². The van der Waals surface area contributed by atoms with Crippen molar-refractivity contribution in [3.63, 3.8) is 0 Å². The summed E-state index contributed by atoms with van der Waals surface area (Å²) in [6.45, 7) is 1.65. The number of hydrogen-bond acceptors (Lipinski definition) is 3. The van der Waals surface area contributed by atoms with E-state index in [9.17, 15) is 4.79 Å². The molecule has 0 radical (unpaired) electrons. The predicted octanol–water partition coefficient (Wildman–Crippen LogP) is -0.807. The first-order valence-electron chi connectivity index (χ1n) is 3.94. The molecule has 0 aromatic carbocycles. The van der Waals surface area contributed by atoms with Gasteiger partial charge in [-0.1, -0.05) is 6.42 Å². The molecule has 0 aliphatic carbocycles. The monoisotopic (exact) mass is 182 g/mol. The molecule has 4 nitrogen and oxygen atoms in total. The average Bonchev–Trinajstić information content (AvgIpc) is 2.05. The molecule has 0 aromatic rings. The van der Waals surface area contributed by atoms with Gasteiger partial charge in [0.15, 0.2) is 6.17 Å². The van der Waals surface area contributed by atoms with E-state index in [1.54, 1.807) is 0 Å². The summed E-state index contributed by atoms with van der Waals surface area (Å²) in [5, 5.41) is 8.57. The second kappa shape index (κ2) is 5.94. The first kappa shape index (κ1) is 12.4. The minimum absolute atomic E-state index is 0. The van der Waals surface area contributed by atoms with Gasteiger partial charge in [0.05, 0.1) is 0 Å². The van der Waals surface area contributed by atoms with Gasteiger partial charge in [0.25, 0.3) is 0 Å². The zero-order valence-electron chi connectivity index (χ0n) is 6.49. The molecule has 1 aliphatic rings. The number of carboxylic acids is 1. The molecule has 66 valence electrons. The molecular formula is C7H15N2NaO2. The first-order chi connectivity index (χ1) is 5.22. The van der Waals surface area contributed by atoms with E-state index >= 15 is 0 Å². The maximum absolute atomic E-state index is 10.4. The standard InChI is InChI=1S/C7H14N2O2.Na.H/c8-6(7(10)11)9-4-2-1-3-5-9;;/h6H,1-5,8H2,(H,10,11);;. The Hall–Kier alpha value is 0.390. The molecule has 0 aromatic heterocycles. The summed E-state index contributed by atoms with van der Waals surface area (Å²) < 4.78 is 0. The van der Waals surface area contributed by atoms with Gasteiger partial charge in [-0.05, 0) is 12.8 Å². The second-order valence-electron chi connectivity index (χ2n) is 2.88. The molecule has 1 aliphatic heterocycles. The Morgan fingerprint density at radius 2 is 1.83 bits per heavy atom. The van der Waals surface area contributed by atoms with Crippen LogP contribution in [0.15, 0.2) is 0 Å². The van der Waals surface area contributed by atoms with Gasteiger partial charge in [-0.2, -0.15) is 0 Å². The van der Waals surface area contributed by atoms with Crippen molar-refractivity contribution < 1.29 is 9.90 Å². The zero-order valence-corrected chi connectivity index (χ0v) is 6.49. The van der Waals surface area contributed by atoms with Crippen LogP contribution in [-0.4, -0.2) is 64.8 Å². The molecule has 0 amide bonds. The Morgan fingerprint density at radius 3 is 2.25 bits per heavy atom. The van der Waals surface area contributed by atoms with Crippen molar-refractivity contribution in [2.75, 3.05) is 13.1 Å². The van der Waals surface area contributed by atoms with Crippen LogP contribution in [-0.2, 0) is 4.79 Å². The van der Waals surface area contributed by atoms with Crippen LogP contribution in [0.5, 0.6) is 0 Å². The fourth-order valence-electron chi connectivity index (χ4n) is 1.35. The second-order valence-corrected chi connectivity index (χ2v) is 2.88. The normalized spacial score (nSPS) is 21.1. The number of aliphatic carboxylic acids is 1. The van der Waals surface area contributed by atoms with Crippen molar-refractivity contribution in [1.29, 1.82) is 0 Å². The molecule has 0 saturated carbocycles. The molecule has 5 heteroatoms. The first-order valence-corrected chi connectivity index (χ1v) is 3.94. The summed E-state index contributed by atoms with van der Waals surface area (Å²) in [4.78, 5) is 12.2. The van der Waals surface area contributed by atoms with E-state index in [1.165, 1.54) is 6.42 Å². The molecule has 0 bridgehead atoms. The van der Waals surface area contributed by atoms with Crippen molar-refractivity contribution in [1.82, 2.24) is 4.90 Å². The van der Waals surface area contributed by atoms with E-state index in [2.05, 4.69) is 0 Å². The number of nitrogens with zero attached hydrogens (tertiary/aromatic N) is 1. The van der Waals surface area contributed by atoms with E-state index in [4.69, 9.17) is 10.8 Å². The van der Waals surface area contributed by atoms with Crippen LogP contribution in [0.1, 0.15) is 19.3 Å². The SMILES string of the molecule is NC(C(=O)O)N1CCCCC1.[NaH]. The molecule has 1 atom stereocenters. The van der Waals surface area contributed by atoms with E-state index < -0.39 is 12.1 Å². The molecule has 12 heavy (non-hydrogen) atoms. The Balaban J connectivity index is 0.00000121. The Morgan fingerprint density at radius 1 is 1.33 bits per heavy atom. The average molecular weight is 182 g/mol. The molecule has 1 unspecified atom stereocenters. The van der Waals surface area contributed by atoms with Crippen LogP contribution >= 0.6 is 0 Å². The van der Waals surface area contributed by atoms with Gasteiger partial charge in [0, 0.05) is 13.1 Å². The van der Waals surface area contributed by atoms with Crippen LogP contribution in [0.25, 0.3) is 0 Å². The van der Waals surface area contributed by atoms with E-state index in [0.29, 0.717) is 0 Å². The number of piperidine rings is 1. The van der Waals surface area contributed by atoms with Gasteiger partial charge in [-0.3, -0.25) is 4.90 Å². The number of carbonyl (C=O) groups is 1. The van der Waals surface area contributed by atoms with Crippen molar-refractivity contribution in [3.8, 4) is 0 Å². The Bertz CT molecular complexity index is 148. The minimum atomic E-state index is -0.924. The summed E-state index contributed by atoms with van der Waals surface area (Å²) in [5.74, 6) is -0.924. The third-order valence-electron chi connectivity index (χ3n) is 2.04. The van der Waals surface area contributed by atoms with Crippen molar-refractivity contribution in [2.24, 2.45) is 5.73 Å². The molecule has 1 heterocycles. The van der Waals surface area contributed by atoms with Crippen LogP contribution in [0, 0.1) is 0 Å². The van der Waals surface area contributed by atoms with Gasteiger partial charge in [0.2, 0.25) is 0 Å². The fourth-order valence-corrected chi connectivity index (χ4v) is 1.35. The van der Waals surface area contributed by atoms with Gasteiger partial charge >= 0.3 is 35.5 Å². The van der Waals surface area contributed by atoms with E-state index in [1.807, 2.05) is 4.90 Å². The summed E-state index contributed by atoms with van der Waals surface area (Å²) in [6.07, 6.45) is 2.54. The third-order valence-corrected chi connectivity index (χ3v) is 2.04. The van der Waals surface area contributed by atoms with E-state index in [0.717, 1.165) is 25.9 Å². The van der Waals surface area contributed by atoms with Crippen LogP contribution in [0.4, 0.5) is 0 Å². The van der Waals surface area contributed by atoms with Gasteiger partial charge in [-0.25, -0.2) is 4.79 Å². The number of rotatable bonds is 2. The fraction of sp³-hybridized carbons (Fsp3) is 0.857. The molecule has 3 N–H and O–H groups in total. The number of nitrogens with two attached hydrogens (primary N) is 1. The molecule has 1 saturated heterocycles. The summed E-state index contributed by atoms with van der Waals surface area (Å²) in [6, 6.07) is 0. The topological polar surface area (TPSA) is 66.6 Å². The molecule has 1 fully saturated rings. The summed E-state index contributed by atoms with van der Waals surface area (Å²) in [7, 11) is 0. The van der Waals surface area contributed by atoms with Crippen LogP contribution < -0.4 is 5.73 Å². The predicted molar refractivity (Wildman–Crippen MR) is 48.2 cm³/mol. The maximum atomic E-state index is 10.4. The van der Waals surface area contributed by atoms with Crippen molar-refractivity contribution in [2.45, 2.75) is 25.4 Å². The summed E-state index contributed by atoms with van der Waals surface area (Å²) >= 11 is 0. The number of carboxylic acid groups (broad SMARTS) is 1. The van der Waals surface area contributed by atoms with Crippen LogP contribution in [0.2, 0.25) is 0 Å². The Labute approximate surface area is 94.4 Å². The van der Waals surface area contributed by atoms with Crippen molar-refractivity contribution in [3.05, 3.63) is 0 Å². The zero-order chi connectivity index (χ0) is 8.27. The van der Waals surface area contributed by atoms with Gasteiger partial charge in [0.1, 0.15) is 0 Å². The van der Waals surface area contributed by atoms with Crippen molar-refractivity contribution >= 4 is 35.5 Å². The van der Waals surface area contributed by atoms with Crippen LogP contribution in [0.3, 0.4) is 0 Å². The number of likely N-dealkylation sites (tertiary alicyclic amines) is 1. The summed E-state index contributed by atoms with van der Waals surface area (Å²) in [5.41, 5.74) is 5.42. The molecular weight excluding hydrogens is 167 g/mol. The van der Waals surface area contributed by atoms with Gasteiger partial charge in [-0.15, -0.1) is 0 Å². The molecule has 1 rings (SSSR count). The third kappa shape index (κ3) is 3.41. The Kier molecular flexibility index (Phi) is 6.13. The quantitative estimate of drug-likeness (QED) is 0.548. The van der Waals surface area contributed by atoms with Gasteiger partial charge < -0.3 is 10.8 Å².